The third-order valence-corrected chi connectivity index (χ3v) is 7.78. The van der Waals surface area contributed by atoms with Gasteiger partial charge in [0.2, 0.25) is 6.79 Å². The second-order valence-corrected chi connectivity index (χ2v) is 9.85. The molecule has 0 saturated carbocycles. The Balaban J connectivity index is 0.00000387. The molecule has 9 nitrogen and oxygen atoms in total. The summed E-state index contributed by atoms with van der Waals surface area (Å²) in [5.41, 5.74) is 1.82. The molecule has 0 bridgehead atoms. The molecular weight excluding hydrogens is 539 g/mol. The maximum absolute atomic E-state index is 13.2. The number of aliphatic carboxylic acids is 2. The number of carboxylic acid groups (broad SMARTS) is 2. The van der Waals surface area contributed by atoms with Gasteiger partial charge in [0.05, 0.1) is 13.7 Å². The molecule has 3 aromatic rings. The van der Waals surface area contributed by atoms with E-state index in [0.717, 1.165) is 23.1 Å². The fourth-order valence-electron chi connectivity index (χ4n) is 6.12. The van der Waals surface area contributed by atoms with E-state index in [0.29, 0.717) is 41.6 Å². The van der Waals surface area contributed by atoms with Crippen LogP contribution in [0.1, 0.15) is 54.9 Å². The van der Waals surface area contributed by atoms with Crippen molar-refractivity contribution in [1.29, 1.82) is 0 Å². The molecule has 0 radical (unpaired) electrons. The van der Waals surface area contributed by atoms with Gasteiger partial charge >= 0.3 is 35.5 Å². The SMILES string of the molecule is CCCOc1ccc2c(c1)[C@@H](c1ccc(OC)cc1OCC(=O)O)[C@@H](C(=O)[O-])[C@@]2(CC)c1ccc2c(c1)OCO2.[Na+]. The average molecular weight is 571 g/mol. The molecule has 3 atom stereocenters. The summed E-state index contributed by atoms with van der Waals surface area (Å²) in [6, 6.07) is 16.2. The first-order chi connectivity index (χ1) is 19.3. The van der Waals surface area contributed by atoms with Crippen molar-refractivity contribution in [3.8, 4) is 28.7 Å². The minimum atomic E-state index is -1.24. The van der Waals surface area contributed by atoms with Gasteiger partial charge in [-0.3, -0.25) is 0 Å². The second kappa shape index (κ2) is 12.6. The van der Waals surface area contributed by atoms with Gasteiger partial charge in [-0.2, -0.15) is 0 Å². The molecule has 210 valence electrons. The van der Waals surface area contributed by atoms with Crippen LogP contribution >= 0.6 is 0 Å². The smallest absolute Gasteiger partial charge is 0.550 e. The molecule has 0 unspecified atom stereocenters. The summed E-state index contributed by atoms with van der Waals surface area (Å²) in [7, 11) is 1.49. The van der Waals surface area contributed by atoms with Gasteiger partial charge in [-0.25, -0.2) is 4.79 Å². The van der Waals surface area contributed by atoms with Crippen molar-refractivity contribution in [2.24, 2.45) is 5.92 Å². The summed E-state index contributed by atoms with van der Waals surface area (Å²) >= 11 is 0. The number of rotatable bonds is 11. The third kappa shape index (κ3) is 5.46. The molecule has 0 saturated heterocycles. The van der Waals surface area contributed by atoms with E-state index >= 15 is 0 Å². The first-order valence-corrected chi connectivity index (χ1v) is 13.2. The molecule has 10 heteroatoms. The monoisotopic (exact) mass is 570 g/mol. The molecule has 41 heavy (non-hydrogen) atoms. The number of methoxy groups -OCH3 is 1. The molecule has 1 aliphatic heterocycles. The van der Waals surface area contributed by atoms with Crippen LogP contribution in [-0.4, -0.2) is 44.2 Å². The van der Waals surface area contributed by atoms with Crippen molar-refractivity contribution in [3.05, 3.63) is 76.9 Å². The molecule has 3 aromatic carbocycles. The average Bonchev–Trinajstić information content (AvgIpc) is 3.55. The minimum absolute atomic E-state index is 0. The van der Waals surface area contributed by atoms with Crippen LogP contribution in [0.2, 0.25) is 0 Å². The number of fused-ring (bicyclic) bond motifs is 2. The summed E-state index contributed by atoms with van der Waals surface area (Å²) in [4.78, 5) is 24.6. The largest absolute Gasteiger partial charge is 1.00 e. The number of carbonyl (C=O) groups excluding carboxylic acids is 1. The van der Waals surface area contributed by atoms with Crippen molar-refractivity contribution >= 4 is 11.9 Å². The van der Waals surface area contributed by atoms with Gasteiger partial charge in [0, 0.05) is 34.8 Å². The molecule has 0 amide bonds. The molecular formula is C31H31NaO9. The van der Waals surface area contributed by atoms with Crippen molar-refractivity contribution in [1.82, 2.24) is 0 Å². The van der Waals surface area contributed by atoms with Crippen LogP contribution < -0.4 is 58.3 Å². The molecule has 5 rings (SSSR count). The van der Waals surface area contributed by atoms with E-state index in [1.165, 1.54) is 7.11 Å². The van der Waals surface area contributed by atoms with E-state index < -0.39 is 35.8 Å². The number of ether oxygens (including phenoxy) is 5. The number of carboxylic acids is 2. The number of carbonyl (C=O) groups is 2. The molecule has 0 spiro atoms. The fraction of sp³-hybridized carbons (Fsp3) is 0.355. The topological polar surface area (TPSA) is 124 Å². The van der Waals surface area contributed by atoms with Gasteiger partial charge in [0.1, 0.15) is 17.2 Å². The van der Waals surface area contributed by atoms with Crippen LogP contribution in [0.15, 0.2) is 54.6 Å². The Hall–Kier alpha value is -3.40. The Kier molecular flexibility index (Phi) is 9.41. The molecule has 1 heterocycles. The molecule has 0 aromatic heterocycles. The van der Waals surface area contributed by atoms with Crippen molar-refractivity contribution in [2.45, 2.75) is 38.0 Å². The Bertz CT molecular complexity index is 1440. The van der Waals surface area contributed by atoms with E-state index in [1.54, 1.807) is 24.3 Å². The van der Waals surface area contributed by atoms with Crippen LogP contribution in [0.25, 0.3) is 0 Å². The van der Waals surface area contributed by atoms with E-state index in [4.69, 9.17) is 23.7 Å². The van der Waals surface area contributed by atoms with Gasteiger partial charge < -0.3 is 38.7 Å². The fourth-order valence-corrected chi connectivity index (χ4v) is 6.12. The Morgan fingerprint density at radius 2 is 1.73 bits per heavy atom. The summed E-state index contributed by atoms with van der Waals surface area (Å²) in [6.07, 6.45) is 1.25. The molecule has 0 fully saturated rings. The predicted molar refractivity (Wildman–Crippen MR) is 142 cm³/mol. The first-order valence-electron chi connectivity index (χ1n) is 13.2. The van der Waals surface area contributed by atoms with E-state index in [-0.39, 0.29) is 42.1 Å². The van der Waals surface area contributed by atoms with Crippen LogP contribution in [0.5, 0.6) is 28.7 Å². The zero-order chi connectivity index (χ0) is 28.4. The van der Waals surface area contributed by atoms with Gasteiger partial charge in [-0.05, 0) is 59.9 Å². The van der Waals surface area contributed by atoms with Crippen molar-refractivity contribution < 1.29 is 73.0 Å². The quantitative estimate of drug-likeness (QED) is 0.335. The van der Waals surface area contributed by atoms with Crippen molar-refractivity contribution in [2.75, 3.05) is 27.1 Å². The maximum Gasteiger partial charge on any atom is 1.00 e. The van der Waals surface area contributed by atoms with E-state index in [9.17, 15) is 19.8 Å². The summed E-state index contributed by atoms with van der Waals surface area (Å²) in [5, 5.41) is 22.6. The normalized spacial score (nSPS) is 20.1. The van der Waals surface area contributed by atoms with Crippen LogP contribution in [-0.2, 0) is 15.0 Å². The van der Waals surface area contributed by atoms with E-state index in [1.807, 2.05) is 44.2 Å². The number of benzene rings is 3. The van der Waals surface area contributed by atoms with Crippen molar-refractivity contribution in [3.63, 3.8) is 0 Å². The molecule has 1 aliphatic carbocycles. The Morgan fingerprint density at radius 3 is 2.41 bits per heavy atom. The predicted octanol–water partition coefficient (Wildman–Crippen LogP) is 0.888. The maximum atomic E-state index is 13.2. The zero-order valence-corrected chi connectivity index (χ0v) is 25.6. The molecule has 1 N–H and O–H groups in total. The second-order valence-electron chi connectivity index (χ2n) is 9.85. The van der Waals surface area contributed by atoms with Gasteiger partial charge in [-0.15, -0.1) is 0 Å². The minimum Gasteiger partial charge on any atom is -0.550 e. The summed E-state index contributed by atoms with van der Waals surface area (Å²) in [5.74, 6) is -1.79. The first kappa shape index (κ1) is 30.6. The summed E-state index contributed by atoms with van der Waals surface area (Å²) in [6.45, 7) is 3.95. The van der Waals surface area contributed by atoms with Crippen LogP contribution in [0.3, 0.4) is 0 Å². The van der Waals surface area contributed by atoms with Gasteiger partial charge in [-0.1, -0.05) is 32.0 Å². The Labute approximate surface area is 260 Å². The zero-order valence-electron chi connectivity index (χ0n) is 23.6. The molecule has 2 aliphatic rings. The van der Waals surface area contributed by atoms with E-state index in [2.05, 4.69) is 0 Å². The Morgan fingerprint density at radius 1 is 0.976 bits per heavy atom. The standard InChI is InChI=1S/C31H32O9.Na/c1-4-12-37-20-8-10-23-22(14-20)28(21-9-7-19(36-3)15-25(21)38-16-27(32)33)29(30(34)35)31(23,5-2)18-6-11-24-26(13-18)40-17-39-24;/h6-11,13-15,28-29H,4-5,12,16-17H2,1-3H3,(H,32,33)(H,34,35);/q;+1/p-1/t28-,29+,31+;/m1./s1. The third-order valence-electron chi connectivity index (χ3n) is 7.78. The van der Waals surface area contributed by atoms with Gasteiger partial charge in [0.25, 0.3) is 0 Å². The van der Waals surface area contributed by atoms with Crippen LogP contribution in [0, 0.1) is 5.92 Å². The van der Waals surface area contributed by atoms with Crippen LogP contribution in [0.4, 0.5) is 0 Å². The summed E-state index contributed by atoms with van der Waals surface area (Å²) < 4.78 is 28.2. The van der Waals surface area contributed by atoms with Gasteiger partial charge in [0.15, 0.2) is 18.1 Å². The number of hydrogen-bond acceptors (Lipinski definition) is 8. The number of hydrogen-bond donors (Lipinski definition) is 1.